The lowest BCUT2D eigenvalue weighted by atomic mass is 9.94. The van der Waals surface area contributed by atoms with E-state index < -0.39 is 15.9 Å². The van der Waals surface area contributed by atoms with Gasteiger partial charge in [0.1, 0.15) is 0 Å². The normalized spacial score (nSPS) is 15.9. The molecule has 0 aromatic carbocycles. The van der Waals surface area contributed by atoms with Gasteiger partial charge in [-0.05, 0) is 24.7 Å². The first kappa shape index (κ1) is 15.9. The predicted molar refractivity (Wildman–Crippen MR) is 71.7 cm³/mol. The zero-order chi connectivity index (χ0) is 14.7. The highest BCUT2D eigenvalue weighted by Gasteiger charge is 2.29. The second-order valence-electron chi connectivity index (χ2n) is 6.15. The SMILES string of the molecule is CC(C)(C)CCS(=O)(=O)NC(=O)CNC(=O)C1CC1. The molecule has 19 heavy (non-hydrogen) atoms. The van der Waals surface area contributed by atoms with Gasteiger partial charge in [0.15, 0.2) is 0 Å². The summed E-state index contributed by atoms with van der Waals surface area (Å²) in [6, 6.07) is 0. The van der Waals surface area contributed by atoms with Crippen LogP contribution in [0.1, 0.15) is 40.0 Å². The van der Waals surface area contributed by atoms with Crippen LogP contribution in [0.3, 0.4) is 0 Å². The van der Waals surface area contributed by atoms with E-state index >= 15 is 0 Å². The highest BCUT2D eigenvalue weighted by atomic mass is 32.2. The van der Waals surface area contributed by atoms with Gasteiger partial charge in [-0.25, -0.2) is 8.42 Å². The summed E-state index contributed by atoms with van der Waals surface area (Å²) in [5.74, 6) is -0.964. The molecule has 1 rings (SSSR count). The molecule has 6 nitrogen and oxygen atoms in total. The van der Waals surface area contributed by atoms with E-state index in [9.17, 15) is 18.0 Å². The van der Waals surface area contributed by atoms with Gasteiger partial charge < -0.3 is 5.32 Å². The molecular weight excluding hydrogens is 268 g/mol. The van der Waals surface area contributed by atoms with E-state index in [1.54, 1.807) is 0 Å². The van der Waals surface area contributed by atoms with Crippen LogP contribution in [0.15, 0.2) is 0 Å². The third-order valence-corrected chi connectivity index (χ3v) is 4.04. The van der Waals surface area contributed by atoms with Crippen molar-refractivity contribution in [1.29, 1.82) is 0 Å². The zero-order valence-corrected chi connectivity index (χ0v) is 12.5. The van der Waals surface area contributed by atoms with Crippen molar-refractivity contribution in [2.75, 3.05) is 12.3 Å². The van der Waals surface area contributed by atoms with E-state index in [0.29, 0.717) is 6.42 Å². The summed E-state index contributed by atoms with van der Waals surface area (Å²) in [6.07, 6.45) is 2.15. The van der Waals surface area contributed by atoms with Crippen LogP contribution < -0.4 is 10.0 Å². The van der Waals surface area contributed by atoms with Crippen molar-refractivity contribution in [1.82, 2.24) is 10.0 Å². The molecule has 1 aliphatic rings. The first-order chi connectivity index (χ1) is 8.59. The van der Waals surface area contributed by atoms with E-state index in [2.05, 4.69) is 5.32 Å². The molecule has 1 saturated carbocycles. The van der Waals surface area contributed by atoms with E-state index in [0.717, 1.165) is 12.8 Å². The standard InChI is InChI=1S/C12H22N2O4S/c1-12(2,3)6-7-19(17,18)14-10(15)8-13-11(16)9-4-5-9/h9H,4-8H2,1-3H3,(H,13,16)(H,14,15). The van der Waals surface area contributed by atoms with Crippen LogP contribution >= 0.6 is 0 Å². The fourth-order valence-electron chi connectivity index (χ4n) is 1.36. The van der Waals surface area contributed by atoms with Gasteiger partial charge in [-0.1, -0.05) is 20.8 Å². The van der Waals surface area contributed by atoms with Crippen molar-refractivity contribution in [3.63, 3.8) is 0 Å². The molecule has 0 heterocycles. The third-order valence-electron chi connectivity index (χ3n) is 2.76. The molecule has 0 aromatic heterocycles. The Labute approximate surface area is 114 Å². The average molecular weight is 290 g/mol. The van der Waals surface area contributed by atoms with Crippen molar-refractivity contribution >= 4 is 21.8 Å². The topological polar surface area (TPSA) is 92.3 Å². The molecule has 0 aliphatic heterocycles. The Morgan fingerprint density at radius 2 is 1.79 bits per heavy atom. The van der Waals surface area contributed by atoms with Crippen LogP contribution in [0.2, 0.25) is 0 Å². The lowest BCUT2D eigenvalue weighted by molar-refractivity contribution is -0.126. The highest BCUT2D eigenvalue weighted by Crippen LogP contribution is 2.28. The largest absolute Gasteiger partial charge is 0.347 e. The summed E-state index contributed by atoms with van der Waals surface area (Å²) in [5, 5.41) is 2.42. The molecule has 0 atom stereocenters. The monoisotopic (exact) mass is 290 g/mol. The minimum atomic E-state index is -3.62. The van der Waals surface area contributed by atoms with Gasteiger partial charge in [0.2, 0.25) is 15.9 Å². The number of sulfonamides is 1. The highest BCUT2D eigenvalue weighted by molar-refractivity contribution is 7.90. The van der Waals surface area contributed by atoms with E-state index in [-0.39, 0.29) is 29.5 Å². The number of rotatable bonds is 6. The van der Waals surface area contributed by atoms with Crippen molar-refractivity contribution < 1.29 is 18.0 Å². The Morgan fingerprint density at radius 3 is 2.26 bits per heavy atom. The summed E-state index contributed by atoms with van der Waals surface area (Å²) in [7, 11) is -3.62. The number of hydrogen-bond donors (Lipinski definition) is 2. The summed E-state index contributed by atoms with van der Waals surface area (Å²) in [5.41, 5.74) is -0.113. The Bertz CT molecular complexity index is 447. The second-order valence-corrected chi connectivity index (χ2v) is 7.99. The molecule has 0 spiro atoms. The number of carbonyl (C=O) groups excluding carboxylic acids is 2. The third kappa shape index (κ3) is 7.15. The van der Waals surface area contributed by atoms with Gasteiger partial charge in [-0.3, -0.25) is 14.3 Å². The summed E-state index contributed by atoms with van der Waals surface area (Å²) < 4.78 is 25.2. The number of amides is 2. The maximum Gasteiger partial charge on any atom is 0.252 e. The lowest BCUT2D eigenvalue weighted by Crippen LogP contribution is -2.41. The van der Waals surface area contributed by atoms with Crippen molar-refractivity contribution in [3.05, 3.63) is 0 Å². The molecule has 1 fully saturated rings. The fourth-order valence-corrected chi connectivity index (χ4v) is 2.76. The first-order valence-corrected chi connectivity index (χ1v) is 8.05. The molecule has 2 N–H and O–H groups in total. The molecule has 0 aromatic rings. The molecule has 7 heteroatoms. The first-order valence-electron chi connectivity index (χ1n) is 6.40. The van der Waals surface area contributed by atoms with Crippen LogP contribution in [-0.4, -0.2) is 32.5 Å². The van der Waals surface area contributed by atoms with Gasteiger partial charge in [0.25, 0.3) is 5.91 Å². The van der Waals surface area contributed by atoms with Gasteiger partial charge in [0.05, 0.1) is 12.3 Å². The smallest absolute Gasteiger partial charge is 0.252 e. The Hall–Kier alpha value is -1.11. The van der Waals surface area contributed by atoms with Crippen LogP contribution in [0, 0.1) is 11.3 Å². The number of carbonyl (C=O) groups is 2. The summed E-state index contributed by atoms with van der Waals surface area (Å²) in [6.45, 7) is 5.50. The minimum Gasteiger partial charge on any atom is -0.347 e. The number of hydrogen-bond acceptors (Lipinski definition) is 4. The van der Waals surface area contributed by atoms with Gasteiger partial charge in [0, 0.05) is 5.92 Å². The summed E-state index contributed by atoms with van der Waals surface area (Å²) in [4.78, 5) is 22.7. The molecule has 110 valence electrons. The van der Waals surface area contributed by atoms with E-state index in [4.69, 9.17) is 0 Å². The second kappa shape index (κ2) is 5.90. The van der Waals surface area contributed by atoms with Gasteiger partial charge in [-0.15, -0.1) is 0 Å². The Morgan fingerprint density at radius 1 is 1.21 bits per heavy atom. The van der Waals surface area contributed by atoms with Crippen LogP contribution in [0.25, 0.3) is 0 Å². The van der Waals surface area contributed by atoms with Crippen molar-refractivity contribution in [2.24, 2.45) is 11.3 Å². The van der Waals surface area contributed by atoms with Crippen LogP contribution in [0.5, 0.6) is 0 Å². The maximum atomic E-state index is 11.6. The fraction of sp³-hybridized carbons (Fsp3) is 0.833. The quantitative estimate of drug-likeness (QED) is 0.740. The molecule has 1 aliphatic carbocycles. The molecule has 0 saturated heterocycles. The summed E-state index contributed by atoms with van der Waals surface area (Å²) >= 11 is 0. The van der Waals surface area contributed by atoms with Crippen LogP contribution in [0.4, 0.5) is 0 Å². The Balaban J connectivity index is 2.31. The van der Waals surface area contributed by atoms with E-state index in [1.165, 1.54) is 0 Å². The predicted octanol–water partition coefficient (Wildman–Crippen LogP) is 0.395. The molecular formula is C12H22N2O4S. The Kier molecular flexibility index (Phi) is 4.95. The molecule has 0 bridgehead atoms. The maximum absolute atomic E-state index is 11.6. The minimum absolute atomic E-state index is 0.00491. The average Bonchev–Trinajstić information content (AvgIpc) is 3.05. The van der Waals surface area contributed by atoms with Crippen molar-refractivity contribution in [2.45, 2.75) is 40.0 Å². The zero-order valence-electron chi connectivity index (χ0n) is 11.7. The molecule has 2 amide bonds. The van der Waals surface area contributed by atoms with Gasteiger partial charge >= 0.3 is 0 Å². The number of nitrogens with one attached hydrogen (secondary N) is 2. The molecule has 0 unspecified atom stereocenters. The lowest BCUT2D eigenvalue weighted by Gasteiger charge is -2.17. The van der Waals surface area contributed by atoms with Gasteiger partial charge in [-0.2, -0.15) is 0 Å². The van der Waals surface area contributed by atoms with E-state index in [1.807, 2.05) is 25.5 Å². The van der Waals surface area contributed by atoms with Crippen LogP contribution in [-0.2, 0) is 19.6 Å². The molecule has 0 radical (unpaired) electrons. The van der Waals surface area contributed by atoms with Crippen molar-refractivity contribution in [3.8, 4) is 0 Å².